The van der Waals surface area contributed by atoms with Crippen molar-refractivity contribution in [3.8, 4) is 0 Å². The molecule has 1 aromatic carbocycles. The number of amides is 1. The first-order valence-electron chi connectivity index (χ1n) is 9.43. The SMILES string of the molecule is CCNC(=O)c1cccc(CNC(=NC)NCC2(CCOC)CCC2)c1.I. The molecule has 0 saturated heterocycles. The van der Waals surface area contributed by atoms with E-state index in [9.17, 15) is 4.79 Å². The maximum atomic E-state index is 12.0. The van der Waals surface area contributed by atoms with Crippen LogP contribution in [0.3, 0.4) is 0 Å². The van der Waals surface area contributed by atoms with Crippen LogP contribution in [-0.2, 0) is 11.3 Å². The number of aliphatic imine (C=N–C) groups is 1. The van der Waals surface area contributed by atoms with Crippen LogP contribution in [0.25, 0.3) is 0 Å². The summed E-state index contributed by atoms with van der Waals surface area (Å²) in [4.78, 5) is 16.3. The van der Waals surface area contributed by atoms with E-state index in [2.05, 4.69) is 20.9 Å². The van der Waals surface area contributed by atoms with Gasteiger partial charge in [0, 0.05) is 46.0 Å². The van der Waals surface area contributed by atoms with E-state index in [1.54, 1.807) is 14.2 Å². The summed E-state index contributed by atoms with van der Waals surface area (Å²) in [5.41, 5.74) is 2.07. The minimum Gasteiger partial charge on any atom is -0.385 e. The molecule has 0 aromatic heterocycles. The first-order valence-corrected chi connectivity index (χ1v) is 9.43. The molecule has 1 saturated carbocycles. The Morgan fingerprint density at radius 1 is 1.26 bits per heavy atom. The van der Waals surface area contributed by atoms with Crippen LogP contribution in [0.15, 0.2) is 29.3 Å². The first-order chi connectivity index (χ1) is 12.6. The number of nitrogens with one attached hydrogen (secondary N) is 3. The van der Waals surface area contributed by atoms with Crippen molar-refractivity contribution >= 4 is 35.8 Å². The van der Waals surface area contributed by atoms with Crippen LogP contribution in [0.5, 0.6) is 0 Å². The van der Waals surface area contributed by atoms with Gasteiger partial charge >= 0.3 is 0 Å². The maximum Gasteiger partial charge on any atom is 0.251 e. The first kappa shape index (κ1) is 23.7. The molecular formula is C20H33IN4O2. The number of hydrogen-bond acceptors (Lipinski definition) is 3. The summed E-state index contributed by atoms with van der Waals surface area (Å²) < 4.78 is 5.25. The van der Waals surface area contributed by atoms with Crippen molar-refractivity contribution in [2.45, 2.75) is 39.2 Å². The van der Waals surface area contributed by atoms with Gasteiger partial charge in [0.05, 0.1) is 0 Å². The van der Waals surface area contributed by atoms with Crippen LogP contribution < -0.4 is 16.0 Å². The Bertz CT molecular complexity index is 618. The van der Waals surface area contributed by atoms with Gasteiger partial charge in [0.1, 0.15) is 0 Å². The molecule has 1 amide bonds. The number of nitrogens with zero attached hydrogens (tertiary/aromatic N) is 1. The van der Waals surface area contributed by atoms with E-state index >= 15 is 0 Å². The average molecular weight is 488 g/mol. The van der Waals surface area contributed by atoms with Crippen molar-refractivity contribution in [3.63, 3.8) is 0 Å². The molecular weight excluding hydrogens is 455 g/mol. The maximum absolute atomic E-state index is 12.0. The van der Waals surface area contributed by atoms with Crippen molar-refractivity contribution in [2.24, 2.45) is 10.4 Å². The molecule has 0 unspecified atom stereocenters. The predicted octanol–water partition coefficient (Wildman–Crippen LogP) is 2.93. The van der Waals surface area contributed by atoms with E-state index in [1.807, 2.05) is 31.2 Å². The Labute approximate surface area is 179 Å². The third kappa shape index (κ3) is 7.29. The molecule has 1 aromatic rings. The standard InChI is InChI=1S/C20H32N4O2.HI/c1-4-22-18(25)17-8-5-7-16(13-17)14-23-19(21-2)24-15-20(9-6-10-20)11-12-26-3;/h5,7-8,13H,4,6,9-12,14-15H2,1-3H3,(H,22,25)(H2,21,23,24);1H. The summed E-state index contributed by atoms with van der Waals surface area (Å²) >= 11 is 0. The van der Waals surface area contributed by atoms with Gasteiger partial charge in [-0.25, -0.2) is 0 Å². The van der Waals surface area contributed by atoms with Gasteiger partial charge in [0.25, 0.3) is 5.91 Å². The molecule has 0 heterocycles. The number of guanidine groups is 1. The van der Waals surface area contributed by atoms with Crippen LogP contribution in [0.2, 0.25) is 0 Å². The summed E-state index contributed by atoms with van der Waals surface area (Å²) in [6.07, 6.45) is 4.87. The number of methoxy groups -OCH3 is 1. The molecule has 1 aliphatic carbocycles. The number of benzene rings is 1. The van der Waals surface area contributed by atoms with Gasteiger partial charge in [-0.15, -0.1) is 24.0 Å². The van der Waals surface area contributed by atoms with Gasteiger partial charge in [0.2, 0.25) is 0 Å². The van der Waals surface area contributed by atoms with E-state index in [0.717, 1.165) is 31.1 Å². The topological polar surface area (TPSA) is 74.8 Å². The molecule has 0 spiro atoms. The lowest BCUT2D eigenvalue weighted by Gasteiger charge is -2.42. The zero-order chi connectivity index (χ0) is 18.8. The van der Waals surface area contributed by atoms with Gasteiger partial charge in [-0.3, -0.25) is 9.79 Å². The summed E-state index contributed by atoms with van der Waals surface area (Å²) in [6, 6.07) is 7.66. The highest BCUT2D eigenvalue weighted by Crippen LogP contribution is 2.43. The van der Waals surface area contributed by atoms with Crippen LogP contribution in [0.4, 0.5) is 0 Å². The van der Waals surface area contributed by atoms with Gasteiger partial charge in [-0.2, -0.15) is 0 Å². The Morgan fingerprint density at radius 3 is 2.63 bits per heavy atom. The molecule has 0 bridgehead atoms. The molecule has 152 valence electrons. The Kier molecular flexibility index (Phi) is 10.7. The van der Waals surface area contributed by atoms with Crippen LogP contribution in [-0.4, -0.2) is 45.7 Å². The summed E-state index contributed by atoms with van der Waals surface area (Å²) in [7, 11) is 3.54. The third-order valence-corrected chi connectivity index (χ3v) is 5.09. The number of hydrogen-bond donors (Lipinski definition) is 3. The van der Waals surface area contributed by atoms with Crippen molar-refractivity contribution in [3.05, 3.63) is 35.4 Å². The second kappa shape index (κ2) is 12.2. The summed E-state index contributed by atoms with van der Waals surface area (Å²) in [5.74, 6) is 0.749. The normalized spacial score (nSPS) is 15.3. The zero-order valence-corrected chi connectivity index (χ0v) is 19.0. The fourth-order valence-electron chi connectivity index (χ4n) is 3.27. The van der Waals surface area contributed by atoms with Crippen molar-refractivity contribution < 1.29 is 9.53 Å². The number of rotatable bonds is 9. The molecule has 6 nitrogen and oxygen atoms in total. The highest BCUT2D eigenvalue weighted by atomic mass is 127. The number of halogens is 1. The highest BCUT2D eigenvalue weighted by molar-refractivity contribution is 14.0. The van der Waals surface area contributed by atoms with Crippen molar-refractivity contribution in [1.82, 2.24) is 16.0 Å². The van der Waals surface area contributed by atoms with Crippen molar-refractivity contribution in [2.75, 3.05) is 33.9 Å². The molecule has 3 N–H and O–H groups in total. The molecule has 0 radical (unpaired) electrons. The zero-order valence-electron chi connectivity index (χ0n) is 16.6. The highest BCUT2D eigenvalue weighted by Gasteiger charge is 2.36. The van der Waals surface area contributed by atoms with E-state index < -0.39 is 0 Å². The van der Waals surface area contributed by atoms with Gasteiger partial charge < -0.3 is 20.7 Å². The van der Waals surface area contributed by atoms with Gasteiger partial charge in [0.15, 0.2) is 5.96 Å². The largest absolute Gasteiger partial charge is 0.385 e. The molecule has 0 aliphatic heterocycles. The van der Waals surface area contributed by atoms with Crippen LogP contribution >= 0.6 is 24.0 Å². The van der Waals surface area contributed by atoms with E-state index in [4.69, 9.17) is 4.74 Å². The quantitative estimate of drug-likeness (QED) is 0.284. The lowest BCUT2D eigenvalue weighted by atomic mass is 9.67. The van der Waals surface area contributed by atoms with E-state index in [-0.39, 0.29) is 29.9 Å². The fraction of sp³-hybridized carbons (Fsp3) is 0.600. The summed E-state index contributed by atoms with van der Waals surface area (Å²) in [6.45, 7) is 4.89. The van der Waals surface area contributed by atoms with Gasteiger partial charge in [-0.05, 0) is 49.3 Å². The van der Waals surface area contributed by atoms with Crippen LogP contribution in [0.1, 0.15) is 48.5 Å². The summed E-state index contributed by atoms with van der Waals surface area (Å²) in [5, 5.41) is 9.62. The molecule has 2 rings (SSSR count). The smallest absolute Gasteiger partial charge is 0.251 e. The third-order valence-electron chi connectivity index (χ3n) is 5.09. The Morgan fingerprint density at radius 2 is 2.04 bits per heavy atom. The molecule has 27 heavy (non-hydrogen) atoms. The number of ether oxygens (including phenoxy) is 1. The molecule has 1 aliphatic rings. The van der Waals surface area contributed by atoms with Crippen molar-refractivity contribution in [1.29, 1.82) is 0 Å². The van der Waals surface area contributed by atoms with E-state index in [0.29, 0.717) is 24.1 Å². The number of carbonyl (C=O) groups excluding carboxylic acids is 1. The lowest BCUT2D eigenvalue weighted by Crippen LogP contribution is -2.46. The van der Waals surface area contributed by atoms with Gasteiger partial charge in [-0.1, -0.05) is 18.6 Å². The second-order valence-electron chi connectivity index (χ2n) is 6.94. The Hall–Kier alpha value is -1.35. The lowest BCUT2D eigenvalue weighted by molar-refractivity contribution is 0.0732. The van der Waals surface area contributed by atoms with Crippen LogP contribution in [0, 0.1) is 5.41 Å². The molecule has 7 heteroatoms. The molecule has 1 fully saturated rings. The second-order valence-corrected chi connectivity index (χ2v) is 6.94. The Balaban J connectivity index is 0.00000364. The predicted molar refractivity (Wildman–Crippen MR) is 121 cm³/mol. The monoisotopic (exact) mass is 488 g/mol. The fourth-order valence-corrected chi connectivity index (χ4v) is 3.27. The minimum atomic E-state index is -0.0399. The minimum absolute atomic E-state index is 0. The number of carbonyl (C=O) groups is 1. The molecule has 0 atom stereocenters. The average Bonchev–Trinajstić information content (AvgIpc) is 2.63. The van der Waals surface area contributed by atoms with E-state index in [1.165, 1.54) is 19.3 Å².